The number of halogens is 1. The van der Waals surface area contributed by atoms with Crippen LogP contribution >= 0.6 is 12.4 Å². The molecule has 2 aromatic rings. The summed E-state index contributed by atoms with van der Waals surface area (Å²) in [5.74, 6) is 0.201. The van der Waals surface area contributed by atoms with Crippen molar-refractivity contribution in [1.82, 2.24) is 10.2 Å². The van der Waals surface area contributed by atoms with E-state index in [0.717, 1.165) is 56.6 Å². The molecule has 4 heteroatoms. The van der Waals surface area contributed by atoms with Gasteiger partial charge in [-0.2, -0.15) is 0 Å². The fraction of sp³-hybridized carbons (Fsp3) is 0.409. The highest BCUT2D eigenvalue weighted by atomic mass is 35.5. The fourth-order valence-corrected chi connectivity index (χ4v) is 4.28. The molecule has 4 rings (SSSR count). The Labute approximate surface area is 162 Å². The smallest absolute Gasteiger partial charge is 0.254 e. The Morgan fingerprint density at radius 1 is 0.962 bits per heavy atom. The number of piperidine rings is 1. The number of nitrogens with one attached hydrogen (secondary N) is 1. The lowest BCUT2D eigenvalue weighted by molar-refractivity contribution is 0.0607. The molecule has 1 spiro atoms. The molecule has 26 heavy (non-hydrogen) atoms. The van der Waals surface area contributed by atoms with Gasteiger partial charge < -0.3 is 10.2 Å². The van der Waals surface area contributed by atoms with E-state index in [2.05, 4.69) is 40.5 Å². The molecule has 2 heterocycles. The molecule has 0 atom stereocenters. The van der Waals surface area contributed by atoms with Crippen molar-refractivity contribution in [2.75, 3.05) is 26.2 Å². The molecule has 2 aromatic carbocycles. The zero-order chi connectivity index (χ0) is 17.1. The van der Waals surface area contributed by atoms with Crippen LogP contribution in [-0.4, -0.2) is 37.0 Å². The van der Waals surface area contributed by atoms with Crippen LogP contribution in [0.1, 0.15) is 40.7 Å². The van der Waals surface area contributed by atoms with Gasteiger partial charge in [-0.05, 0) is 54.8 Å². The van der Waals surface area contributed by atoms with Crippen molar-refractivity contribution in [1.29, 1.82) is 0 Å². The van der Waals surface area contributed by atoms with Gasteiger partial charge in [0.2, 0.25) is 0 Å². The minimum absolute atomic E-state index is 0. The van der Waals surface area contributed by atoms with E-state index in [1.54, 1.807) is 0 Å². The lowest BCUT2D eigenvalue weighted by Gasteiger charge is -2.39. The Kier molecular flexibility index (Phi) is 6.00. The molecular formula is C22H27ClN2O. The molecule has 0 radical (unpaired) electrons. The van der Waals surface area contributed by atoms with Gasteiger partial charge in [0.1, 0.15) is 0 Å². The maximum absolute atomic E-state index is 13.1. The third kappa shape index (κ3) is 3.94. The van der Waals surface area contributed by atoms with Crippen molar-refractivity contribution in [3.05, 3.63) is 71.3 Å². The third-order valence-electron chi connectivity index (χ3n) is 5.93. The van der Waals surface area contributed by atoms with Crippen molar-refractivity contribution in [2.45, 2.75) is 25.7 Å². The first kappa shape index (κ1) is 18.9. The number of amides is 1. The minimum Gasteiger partial charge on any atom is -0.339 e. The number of benzene rings is 2. The molecule has 2 aliphatic heterocycles. The molecule has 2 saturated heterocycles. The summed E-state index contributed by atoms with van der Waals surface area (Å²) in [7, 11) is 0. The maximum Gasteiger partial charge on any atom is 0.254 e. The van der Waals surface area contributed by atoms with E-state index >= 15 is 0 Å². The second-order valence-corrected chi connectivity index (χ2v) is 7.54. The second kappa shape index (κ2) is 8.24. The van der Waals surface area contributed by atoms with Crippen molar-refractivity contribution in [3.8, 4) is 0 Å². The van der Waals surface area contributed by atoms with Gasteiger partial charge in [0.25, 0.3) is 5.91 Å². The van der Waals surface area contributed by atoms with E-state index in [1.807, 2.05) is 24.3 Å². The lowest BCUT2D eigenvalue weighted by Crippen LogP contribution is -2.44. The van der Waals surface area contributed by atoms with Crippen molar-refractivity contribution >= 4 is 18.3 Å². The van der Waals surface area contributed by atoms with Crippen LogP contribution in [0.25, 0.3) is 0 Å². The van der Waals surface area contributed by atoms with E-state index < -0.39 is 0 Å². The molecule has 2 aliphatic rings. The number of hydrogen-bond acceptors (Lipinski definition) is 2. The topological polar surface area (TPSA) is 32.3 Å². The first-order valence-electron chi connectivity index (χ1n) is 9.38. The van der Waals surface area contributed by atoms with Gasteiger partial charge in [0.05, 0.1) is 0 Å². The van der Waals surface area contributed by atoms with E-state index in [4.69, 9.17) is 0 Å². The van der Waals surface area contributed by atoms with E-state index in [-0.39, 0.29) is 18.3 Å². The molecule has 0 bridgehead atoms. The summed E-state index contributed by atoms with van der Waals surface area (Å²) in [6.07, 6.45) is 4.34. The SMILES string of the molecule is Cl.O=C(c1ccccc1Cc1ccccc1)N1CCC2(CCNC2)CC1. The molecule has 1 amide bonds. The first-order chi connectivity index (χ1) is 12.3. The summed E-state index contributed by atoms with van der Waals surface area (Å²) >= 11 is 0. The van der Waals surface area contributed by atoms with E-state index in [1.165, 1.54) is 12.0 Å². The highest BCUT2D eigenvalue weighted by Crippen LogP contribution is 2.37. The van der Waals surface area contributed by atoms with Gasteiger partial charge in [-0.3, -0.25) is 4.79 Å². The summed E-state index contributed by atoms with van der Waals surface area (Å²) in [5, 5.41) is 3.49. The third-order valence-corrected chi connectivity index (χ3v) is 5.93. The monoisotopic (exact) mass is 370 g/mol. The molecule has 0 saturated carbocycles. The number of rotatable bonds is 3. The summed E-state index contributed by atoms with van der Waals surface area (Å²) in [6, 6.07) is 18.5. The maximum atomic E-state index is 13.1. The number of carbonyl (C=O) groups excluding carboxylic acids is 1. The van der Waals surface area contributed by atoms with Gasteiger partial charge >= 0.3 is 0 Å². The van der Waals surface area contributed by atoms with Gasteiger partial charge in [-0.25, -0.2) is 0 Å². The highest BCUT2D eigenvalue weighted by molar-refractivity contribution is 5.95. The van der Waals surface area contributed by atoms with Crippen LogP contribution in [0, 0.1) is 5.41 Å². The van der Waals surface area contributed by atoms with Crippen LogP contribution in [0.5, 0.6) is 0 Å². The molecule has 0 aliphatic carbocycles. The minimum atomic E-state index is 0. The average Bonchev–Trinajstić information content (AvgIpc) is 3.11. The van der Waals surface area contributed by atoms with Gasteiger partial charge in [0, 0.05) is 25.2 Å². The largest absolute Gasteiger partial charge is 0.339 e. The van der Waals surface area contributed by atoms with Gasteiger partial charge in [-0.15, -0.1) is 12.4 Å². The lowest BCUT2D eigenvalue weighted by atomic mass is 9.77. The predicted octanol–water partition coefficient (Wildman–Crippen LogP) is 3.91. The number of hydrogen-bond donors (Lipinski definition) is 1. The molecular weight excluding hydrogens is 344 g/mol. The van der Waals surface area contributed by atoms with Crippen LogP contribution in [-0.2, 0) is 6.42 Å². The Balaban J connectivity index is 0.00000196. The van der Waals surface area contributed by atoms with Crippen LogP contribution in [0.3, 0.4) is 0 Å². The zero-order valence-electron chi connectivity index (χ0n) is 15.1. The van der Waals surface area contributed by atoms with Crippen molar-refractivity contribution in [2.24, 2.45) is 5.41 Å². The standard InChI is InChI=1S/C22H26N2O.ClH/c25-21(24-14-11-22(12-15-24)10-13-23-17-22)20-9-5-4-8-19(20)16-18-6-2-1-3-7-18;/h1-9,23H,10-17H2;1H. The molecule has 138 valence electrons. The second-order valence-electron chi connectivity index (χ2n) is 7.54. The summed E-state index contributed by atoms with van der Waals surface area (Å²) in [4.78, 5) is 15.2. The molecule has 3 nitrogen and oxygen atoms in total. The molecule has 2 fully saturated rings. The normalized spacial score (nSPS) is 18.5. The Morgan fingerprint density at radius 2 is 1.65 bits per heavy atom. The fourth-order valence-electron chi connectivity index (χ4n) is 4.28. The highest BCUT2D eigenvalue weighted by Gasteiger charge is 2.38. The summed E-state index contributed by atoms with van der Waals surface area (Å²) < 4.78 is 0. The summed E-state index contributed by atoms with van der Waals surface area (Å²) in [5.41, 5.74) is 3.69. The zero-order valence-corrected chi connectivity index (χ0v) is 15.9. The van der Waals surface area contributed by atoms with E-state index in [9.17, 15) is 4.79 Å². The Hall–Kier alpha value is -1.84. The van der Waals surface area contributed by atoms with E-state index in [0.29, 0.717) is 5.41 Å². The molecule has 1 N–H and O–H groups in total. The van der Waals surface area contributed by atoms with Crippen LogP contribution in [0.15, 0.2) is 54.6 Å². The number of likely N-dealkylation sites (tertiary alicyclic amines) is 1. The quantitative estimate of drug-likeness (QED) is 0.888. The molecule has 0 unspecified atom stereocenters. The van der Waals surface area contributed by atoms with Crippen molar-refractivity contribution < 1.29 is 4.79 Å². The predicted molar refractivity (Wildman–Crippen MR) is 108 cm³/mol. The van der Waals surface area contributed by atoms with Crippen molar-refractivity contribution in [3.63, 3.8) is 0 Å². The molecule has 0 aromatic heterocycles. The summed E-state index contributed by atoms with van der Waals surface area (Å²) in [6.45, 7) is 4.04. The van der Waals surface area contributed by atoms with Crippen LogP contribution in [0.2, 0.25) is 0 Å². The van der Waals surface area contributed by atoms with Crippen LogP contribution in [0.4, 0.5) is 0 Å². The number of nitrogens with zero attached hydrogens (tertiary/aromatic N) is 1. The Bertz CT molecular complexity index is 731. The Morgan fingerprint density at radius 3 is 2.35 bits per heavy atom. The number of carbonyl (C=O) groups is 1. The average molecular weight is 371 g/mol. The van der Waals surface area contributed by atoms with Gasteiger partial charge in [0.15, 0.2) is 0 Å². The van der Waals surface area contributed by atoms with Crippen LogP contribution < -0.4 is 5.32 Å². The van der Waals surface area contributed by atoms with Gasteiger partial charge in [-0.1, -0.05) is 48.5 Å². The first-order valence-corrected chi connectivity index (χ1v) is 9.38.